The highest BCUT2D eigenvalue weighted by Crippen LogP contribution is 2.38. The second kappa shape index (κ2) is 5.69. The molecule has 8 heteroatoms. The van der Waals surface area contributed by atoms with Crippen molar-refractivity contribution in [1.29, 1.82) is 0 Å². The standard InChI is InChI=1S/C18H16FN3O4/c1-9-5-10(2)22(20-9)15-7-14-12(6-13(15)19)17(23)16(26-18(24)25)8-21(14)11-3-4-11/h5-8,11H,3-4H2,1-2H3,(H,24,25). The van der Waals surface area contributed by atoms with Crippen LogP contribution in [0.3, 0.4) is 0 Å². The number of benzene rings is 1. The highest BCUT2D eigenvalue weighted by molar-refractivity contribution is 5.83. The minimum absolute atomic E-state index is 0.0819. The Morgan fingerprint density at radius 3 is 2.62 bits per heavy atom. The first kappa shape index (κ1) is 16.3. The maximum Gasteiger partial charge on any atom is 0.511 e. The molecule has 0 amide bonds. The first-order valence-corrected chi connectivity index (χ1v) is 8.18. The van der Waals surface area contributed by atoms with Gasteiger partial charge < -0.3 is 14.4 Å². The van der Waals surface area contributed by atoms with E-state index in [0.717, 1.165) is 30.3 Å². The Bertz CT molecular complexity index is 1110. The molecule has 134 valence electrons. The molecule has 0 radical (unpaired) electrons. The van der Waals surface area contributed by atoms with E-state index in [2.05, 4.69) is 9.84 Å². The van der Waals surface area contributed by atoms with E-state index in [1.807, 2.05) is 19.9 Å². The monoisotopic (exact) mass is 357 g/mol. The number of ether oxygens (including phenoxy) is 1. The predicted molar refractivity (Wildman–Crippen MR) is 91.7 cm³/mol. The van der Waals surface area contributed by atoms with Crippen LogP contribution in [0.15, 0.2) is 29.2 Å². The molecule has 0 spiro atoms. The molecule has 0 aliphatic heterocycles. The molecule has 4 rings (SSSR count). The first-order valence-electron chi connectivity index (χ1n) is 8.18. The number of aryl methyl sites for hydroxylation is 2. The van der Waals surface area contributed by atoms with Crippen molar-refractivity contribution in [3.63, 3.8) is 0 Å². The normalized spacial score (nSPS) is 14.0. The first-order chi connectivity index (χ1) is 12.3. The molecule has 7 nitrogen and oxygen atoms in total. The molecule has 0 unspecified atom stereocenters. The number of nitrogens with zero attached hydrogens (tertiary/aromatic N) is 3. The smallest absolute Gasteiger partial charge is 0.449 e. The van der Waals surface area contributed by atoms with Gasteiger partial charge >= 0.3 is 6.16 Å². The third-order valence-corrected chi connectivity index (χ3v) is 4.44. The largest absolute Gasteiger partial charge is 0.511 e. The SMILES string of the molecule is Cc1cc(C)n(-c2cc3c(cc2F)c(=O)c(OC(=O)O)cn3C2CC2)n1. The zero-order valence-corrected chi connectivity index (χ0v) is 14.2. The number of rotatable bonds is 3. The van der Waals surface area contributed by atoms with Crippen LogP contribution in [0.2, 0.25) is 0 Å². The van der Waals surface area contributed by atoms with Gasteiger partial charge in [-0.3, -0.25) is 4.79 Å². The Morgan fingerprint density at radius 2 is 2.04 bits per heavy atom. The van der Waals surface area contributed by atoms with Gasteiger partial charge in [-0.2, -0.15) is 5.10 Å². The Hall–Kier alpha value is -3.16. The highest BCUT2D eigenvalue weighted by atomic mass is 19.1. The van der Waals surface area contributed by atoms with E-state index in [1.165, 1.54) is 10.9 Å². The van der Waals surface area contributed by atoms with Crippen LogP contribution in [0.25, 0.3) is 16.6 Å². The third-order valence-electron chi connectivity index (χ3n) is 4.44. The fraction of sp³-hybridized carbons (Fsp3) is 0.278. The molecule has 1 aliphatic rings. The molecule has 1 aliphatic carbocycles. The van der Waals surface area contributed by atoms with Gasteiger partial charge in [0.15, 0.2) is 5.75 Å². The number of pyridine rings is 1. The minimum atomic E-state index is -1.58. The second-order valence-corrected chi connectivity index (χ2v) is 6.49. The quantitative estimate of drug-likeness (QED) is 0.727. The summed E-state index contributed by atoms with van der Waals surface area (Å²) in [5.41, 5.74) is 1.64. The Balaban J connectivity index is 2.01. The van der Waals surface area contributed by atoms with Crippen molar-refractivity contribution < 1.29 is 19.0 Å². The molecular formula is C18H16FN3O4. The zero-order valence-electron chi connectivity index (χ0n) is 14.2. The van der Waals surface area contributed by atoms with E-state index in [9.17, 15) is 14.0 Å². The zero-order chi connectivity index (χ0) is 18.6. The van der Waals surface area contributed by atoms with Gasteiger partial charge in [-0.05, 0) is 44.9 Å². The average molecular weight is 357 g/mol. The van der Waals surface area contributed by atoms with E-state index < -0.39 is 17.4 Å². The molecule has 0 saturated heterocycles. The summed E-state index contributed by atoms with van der Waals surface area (Å²) in [6.07, 6.45) is 1.61. The lowest BCUT2D eigenvalue weighted by Crippen LogP contribution is -2.17. The van der Waals surface area contributed by atoms with E-state index >= 15 is 0 Å². The Morgan fingerprint density at radius 1 is 1.31 bits per heavy atom. The summed E-state index contributed by atoms with van der Waals surface area (Å²) in [5.74, 6) is -0.939. The van der Waals surface area contributed by atoms with E-state index in [4.69, 9.17) is 5.11 Å². The fourth-order valence-electron chi connectivity index (χ4n) is 3.19. The van der Waals surface area contributed by atoms with Gasteiger partial charge in [0.2, 0.25) is 5.43 Å². The lowest BCUT2D eigenvalue weighted by Gasteiger charge is -2.14. The van der Waals surface area contributed by atoms with Crippen molar-refractivity contribution in [2.75, 3.05) is 0 Å². The van der Waals surface area contributed by atoms with Gasteiger partial charge in [0, 0.05) is 11.7 Å². The van der Waals surface area contributed by atoms with Crippen LogP contribution in [0.1, 0.15) is 30.3 Å². The van der Waals surface area contributed by atoms with Crippen LogP contribution in [0.5, 0.6) is 5.75 Å². The van der Waals surface area contributed by atoms with Crippen LogP contribution in [-0.4, -0.2) is 25.6 Å². The van der Waals surface area contributed by atoms with Crippen molar-refractivity contribution in [3.8, 4) is 11.4 Å². The van der Waals surface area contributed by atoms with Gasteiger partial charge in [-0.1, -0.05) is 0 Å². The Labute approximate surface area is 147 Å². The number of fused-ring (bicyclic) bond motifs is 1. The number of hydrogen-bond acceptors (Lipinski definition) is 4. The Kier molecular flexibility index (Phi) is 3.57. The number of hydrogen-bond donors (Lipinski definition) is 1. The summed E-state index contributed by atoms with van der Waals surface area (Å²) in [6.45, 7) is 3.64. The molecule has 1 N–H and O–H groups in total. The summed E-state index contributed by atoms with van der Waals surface area (Å²) in [6, 6.07) is 4.67. The minimum Gasteiger partial charge on any atom is -0.449 e. The van der Waals surface area contributed by atoms with Crippen molar-refractivity contribution >= 4 is 17.1 Å². The molecule has 2 aromatic heterocycles. The maximum absolute atomic E-state index is 14.8. The second-order valence-electron chi connectivity index (χ2n) is 6.49. The van der Waals surface area contributed by atoms with Gasteiger partial charge in [0.05, 0.1) is 22.8 Å². The molecule has 0 atom stereocenters. The van der Waals surface area contributed by atoms with Gasteiger partial charge in [0.25, 0.3) is 0 Å². The van der Waals surface area contributed by atoms with E-state index in [-0.39, 0.29) is 22.9 Å². The third kappa shape index (κ3) is 2.63. The maximum atomic E-state index is 14.8. The number of halogens is 1. The van der Waals surface area contributed by atoms with Crippen molar-refractivity contribution in [2.24, 2.45) is 0 Å². The lowest BCUT2D eigenvalue weighted by atomic mass is 10.1. The predicted octanol–water partition coefficient (Wildman–Crippen LogP) is 3.33. The number of aromatic nitrogens is 3. The molecular weight excluding hydrogens is 341 g/mol. The van der Waals surface area contributed by atoms with Crippen molar-refractivity contribution in [2.45, 2.75) is 32.7 Å². The summed E-state index contributed by atoms with van der Waals surface area (Å²) < 4.78 is 22.6. The van der Waals surface area contributed by atoms with Crippen molar-refractivity contribution in [3.05, 3.63) is 51.8 Å². The molecule has 2 heterocycles. The van der Waals surface area contributed by atoms with Gasteiger partial charge in [-0.15, -0.1) is 0 Å². The van der Waals surface area contributed by atoms with Crippen molar-refractivity contribution in [1.82, 2.24) is 14.3 Å². The summed E-state index contributed by atoms with van der Waals surface area (Å²) >= 11 is 0. The average Bonchev–Trinajstić information content (AvgIpc) is 3.34. The van der Waals surface area contributed by atoms with Crippen LogP contribution in [-0.2, 0) is 0 Å². The molecule has 1 aromatic carbocycles. The number of carboxylic acid groups (broad SMARTS) is 1. The summed E-state index contributed by atoms with van der Waals surface area (Å²) in [5, 5.41) is 13.2. The summed E-state index contributed by atoms with van der Waals surface area (Å²) in [7, 11) is 0. The molecule has 3 aromatic rings. The van der Waals surface area contributed by atoms with Crippen LogP contribution in [0, 0.1) is 19.7 Å². The molecule has 0 bridgehead atoms. The summed E-state index contributed by atoms with van der Waals surface area (Å²) in [4.78, 5) is 23.4. The van der Waals surface area contributed by atoms with E-state index in [1.54, 1.807) is 10.6 Å². The van der Waals surface area contributed by atoms with Gasteiger partial charge in [-0.25, -0.2) is 13.9 Å². The topological polar surface area (TPSA) is 86.4 Å². The fourth-order valence-corrected chi connectivity index (χ4v) is 3.19. The van der Waals surface area contributed by atoms with E-state index in [0.29, 0.717) is 5.52 Å². The lowest BCUT2D eigenvalue weighted by molar-refractivity contribution is 0.143. The molecule has 1 fully saturated rings. The van der Waals surface area contributed by atoms with Crippen LogP contribution >= 0.6 is 0 Å². The van der Waals surface area contributed by atoms with Gasteiger partial charge in [0.1, 0.15) is 11.5 Å². The molecule has 26 heavy (non-hydrogen) atoms. The van der Waals surface area contributed by atoms with Crippen LogP contribution < -0.4 is 10.2 Å². The number of carbonyl (C=O) groups is 1. The molecule has 1 saturated carbocycles. The van der Waals surface area contributed by atoms with Crippen LogP contribution in [0.4, 0.5) is 9.18 Å². The highest BCUT2D eigenvalue weighted by Gasteiger charge is 2.27.